The standard InChI is InChI=1S/C8H17IN2O/c1-6(2)11(9)8(3,4)5-7(10)12/h6H,5H2,1-4H3,(H2,10,12). The van der Waals surface area contributed by atoms with Gasteiger partial charge in [-0.05, 0) is 27.7 Å². The van der Waals surface area contributed by atoms with E-state index in [0.717, 1.165) is 0 Å². The Morgan fingerprint density at radius 1 is 1.58 bits per heavy atom. The number of halogens is 1. The maximum absolute atomic E-state index is 10.7. The van der Waals surface area contributed by atoms with Crippen molar-refractivity contribution < 1.29 is 4.79 Å². The molecular formula is C8H17IN2O. The summed E-state index contributed by atoms with van der Waals surface area (Å²) in [6.07, 6.45) is 0.397. The molecule has 0 spiro atoms. The van der Waals surface area contributed by atoms with Crippen LogP contribution >= 0.6 is 22.9 Å². The molecule has 0 rings (SSSR count). The first-order valence-corrected chi connectivity index (χ1v) is 4.97. The van der Waals surface area contributed by atoms with E-state index in [4.69, 9.17) is 5.73 Å². The van der Waals surface area contributed by atoms with Crippen molar-refractivity contribution in [3.05, 3.63) is 0 Å². The van der Waals surface area contributed by atoms with E-state index >= 15 is 0 Å². The SMILES string of the molecule is CC(C)N(I)C(C)(C)CC(N)=O. The number of rotatable bonds is 4. The minimum Gasteiger partial charge on any atom is -0.370 e. The number of nitrogens with zero attached hydrogens (tertiary/aromatic N) is 1. The van der Waals surface area contributed by atoms with E-state index in [-0.39, 0.29) is 11.4 Å². The first-order chi connectivity index (χ1) is 5.27. The third-order valence-electron chi connectivity index (χ3n) is 1.64. The smallest absolute Gasteiger partial charge is 0.219 e. The first kappa shape index (κ1) is 12.2. The number of primary amides is 1. The van der Waals surface area contributed by atoms with Gasteiger partial charge in [0.15, 0.2) is 0 Å². The molecule has 0 aliphatic rings. The van der Waals surface area contributed by atoms with Crippen molar-refractivity contribution in [2.45, 2.75) is 45.7 Å². The Morgan fingerprint density at radius 2 is 2.00 bits per heavy atom. The molecule has 0 heterocycles. The third-order valence-corrected chi connectivity index (χ3v) is 4.06. The van der Waals surface area contributed by atoms with Crippen LogP contribution in [0.25, 0.3) is 0 Å². The molecule has 0 radical (unpaired) electrons. The highest BCUT2D eigenvalue weighted by Gasteiger charge is 2.28. The van der Waals surface area contributed by atoms with Gasteiger partial charge in [0.1, 0.15) is 0 Å². The van der Waals surface area contributed by atoms with E-state index in [9.17, 15) is 4.79 Å². The van der Waals surface area contributed by atoms with Gasteiger partial charge in [0.05, 0.1) is 0 Å². The molecule has 72 valence electrons. The summed E-state index contributed by atoms with van der Waals surface area (Å²) in [4.78, 5) is 10.7. The third kappa shape index (κ3) is 3.71. The topological polar surface area (TPSA) is 46.3 Å². The number of hydrogen-bond acceptors (Lipinski definition) is 2. The van der Waals surface area contributed by atoms with Crippen LogP contribution in [0.3, 0.4) is 0 Å². The molecule has 0 aromatic heterocycles. The van der Waals surface area contributed by atoms with Gasteiger partial charge in [0.2, 0.25) is 5.91 Å². The Labute approximate surface area is 88.2 Å². The molecule has 0 aliphatic carbocycles. The van der Waals surface area contributed by atoms with Crippen LogP contribution in [-0.4, -0.2) is 20.6 Å². The minimum atomic E-state index is -0.248. The molecule has 12 heavy (non-hydrogen) atoms. The van der Waals surface area contributed by atoms with Crippen molar-refractivity contribution in [3.63, 3.8) is 0 Å². The fourth-order valence-corrected chi connectivity index (χ4v) is 1.37. The maximum atomic E-state index is 10.7. The first-order valence-electron chi connectivity index (χ1n) is 4.01. The summed E-state index contributed by atoms with van der Waals surface area (Å²) >= 11 is 2.23. The number of hydrogen-bond donors (Lipinski definition) is 1. The van der Waals surface area contributed by atoms with Crippen LogP contribution in [0.4, 0.5) is 0 Å². The molecule has 0 fully saturated rings. The van der Waals surface area contributed by atoms with Crippen LogP contribution in [0.2, 0.25) is 0 Å². The predicted molar refractivity (Wildman–Crippen MR) is 58.9 cm³/mol. The summed E-state index contributed by atoms with van der Waals surface area (Å²) in [5.41, 5.74) is 5.00. The predicted octanol–water partition coefficient (Wildman–Crippen LogP) is 1.70. The van der Waals surface area contributed by atoms with E-state index in [2.05, 4.69) is 39.8 Å². The summed E-state index contributed by atoms with van der Waals surface area (Å²) in [5.74, 6) is -0.248. The number of nitrogens with two attached hydrogens (primary N) is 1. The van der Waals surface area contributed by atoms with Gasteiger partial charge >= 0.3 is 0 Å². The molecule has 0 unspecified atom stereocenters. The van der Waals surface area contributed by atoms with Gasteiger partial charge in [0.25, 0.3) is 0 Å². The van der Waals surface area contributed by atoms with Crippen molar-refractivity contribution in [3.8, 4) is 0 Å². The molecule has 4 heteroatoms. The Morgan fingerprint density at radius 3 is 2.25 bits per heavy atom. The molecule has 0 aromatic carbocycles. The zero-order chi connectivity index (χ0) is 9.94. The molecule has 0 saturated heterocycles. The van der Waals surface area contributed by atoms with Gasteiger partial charge < -0.3 is 5.73 Å². The van der Waals surface area contributed by atoms with E-state index in [1.54, 1.807) is 0 Å². The monoisotopic (exact) mass is 284 g/mol. The molecule has 0 atom stereocenters. The lowest BCUT2D eigenvalue weighted by Crippen LogP contribution is -2.43. The van der Waals surface area contributed by atoms with Crippen molar-refractivity contribution >= 4 is 28.8 Å². The quantitative estimate of drug-likeness (QED) is 0.631. The molecule has 0 bridgehead atoms. The normalized spacial score (nSPS) is 12.6. The number of carbonyl (C=O) groups is 1. The summed E-state index contributed by atoms with van der Waals surface area (Å²) in [6.45, 7) is 8.22. The largest absolute Gasteiger partial charge is 0.370 e. The highest BCUT2D eigenvalue weighted by molar-refractivity contribution is 14.1. The van der Waals surface area contributed by atoms with Crippen molar-refractivity contribution in [1.29, 1.82) is 0 Å². The van der Waals surface area contributed by atoms with Crippen molar-refractivity contribution in [1.82, 2.24) is 3.11 Å². The summed E-state index contributed by atoms with van der Waals surface area (Å²) in [5, 5.41) is 0. The van der Waals surface area contributed by atoms with Gasteiger partial charge in [-0.2, -0.15) is 0 Å². The van der Waals surface area contributed by atoms with Crippen LogP contribution in [0.15, 0.2) is 0 Å². The molecule has 0 aliphatic heterocycles. The summed E-state index contributed by atoms with van der Waals surface area (Å²) < 4.78 is 2.12. The Balaban J connectivity index is 4.28. The molecule has 0 saturated carbocycles. The van der Waals surface area contributed by atoms with Crippen molar-refractivity contribution in [2.24, 2.45) is 5.73 Å². The van der Waals surface area contributed by atoms with E-state index in [1.807, 2.05) is 13.8 Å². The zero-order valence-corrected chi connectivity index (χ0v) is 10.3. The van der Waals surface area contributed by atoms with Gasteiger partial charge in [-0.1, -0.05) is 0 Å². The Bertz CT molecular complexity index is 168. The van der Waals surface area contributed by atoms with Crippen LogP contribution in [-0.2, 0) is 4.79 Å². The second-order valence-corrected chi connectivity index (χ2v) is 4.90. The maximum Gasteiger partial charge on any atom is 0.219 e. The van der Waals surface area contributed by atoms with Gasteiger partial charge in [-0.25, -0.2) is 3.11 Å². The lowest BCUT2D eigenvalue weighted by Gasteiger charge is -2.35. The van der Waals surface area contributed by atoms with Crippen LogP contribution in [0.1, 0.15) is 34.1 Å². The molecule has 3 nitrogen and oxygen atoms in total. The molecule has 0 aromatic rings. The van der Waals surface area contributed by atoms with Gasteiger partial charge in [0, 0.05) is 40.9 Å². The van der Waals surface area contributed by atoms with Crippen LogP contribution in [0, 0.1) is 0 Å². The van der Waals surface area contributed by atoms with Gasteiger partial charge in [-0.15, -0.1) is 0 Å². The molecular weight excluding hydrogens is 267 g/mol. The van der Waals surface area contributed by atoms with E-state index in [1.165, 1.54) is 0 Å². The summed E-state index contributed by atoms with van der Waals surface area (Å²) in [7, 11) is 0. The summed E-state index contributed by atoms with van der Waals surface area (Å²) in [6, 6.07) is 0.417. The second kappa shape index (κ2) is 4.41. The average Bonchev–Trinajstić information content (AvgIpc) is 1.82. The fraction of sp³-hybridized carbons (Fsp3) is 0.875. The molecule has 1 amide bonds. The number of amides is 1. The fourth-order valence-electron chi connectivity index (χ4n) is 1.20. The van der Waals surface area contributed by atoms with E-state index in [0.29, 0.717) is 12.5 Å². The Kier molecular flexibility index (Phi) is 4.47. The lowest BCUT2D eigenvalue weighted by atomic mass is 9.99. The minimum absolute atomic E-state index is 0.152. The van der Waals surface area contributed by atoms with Crippen molar-refractivity contribution in [2.75, 3.05) is 0 Å². The Hall–Kier alpha value is 0.160. The number of carbonyl (C=O) groups excluding carboxylic acids is 1. The second-order valence-electron chi connectivity index (χ2n) is 3.86. The van der Waals surface area contributed by atoms with Crippen LogP contribution < -0.4 is 5.73 Å². The average molecular weight is 284 g/mol. The van der Waals surface area contributed by atoms with E-state index < -0.39 is 0 Å². The van der Waals surface area contributed by atoms with Crippen LogP contribution in [0.5, 0.6) is 0 Å². The molecule has 2 N–H and O–H groups in total. The lowest BCUT2D eigenvalue weighted by molar-refractivity contribution is -0.119. The van der Waals surface area contributed by atoms with Gasteiger partial charge in [-0.3, -0.25) is 4.79 Å². The zero-order valence-electron chi connectivity index (χ0n) is 8.10. The highest BCUT2D eigenvalue weighted by Crippen LogP contribution is 2.25. The highest BCUT2D eigenvalue weighted by atomic mass is 127.